The van der Waals surface area contributed by atoms with Crippen LogP contribution in [0.4, 0.5) is 5.82 Å². The molecular formula is C8H10BrN3. The van der Waals surface area contributed by atoms with Crippen LogP contribution in [0.25, 0.3) is 0 Å². The second-order valence-corrected chi connectivity index (χ2v) is 3.71. The van der Waals surface area contributed by atoms with Gasteiger partial charge in [-0.1, -0.05) is 0 Å². The van der Waals surface area contributed by atoms with Gasteiger partial charge in [0.2, 0.25) is 0 Å². The minimum absolute atomic E-state index is 0.812. The first-order valence-electron chi connectivity index (χ1n) is 4.09. The Balaban J connectivity index is 2.21. The van der Waals surface area contributed by atoms with Crippen LogP contribution >= 0.6 is 15.9 Å². The van der Waals surface area contributed by atoms with Crippen molar-refractivity contribution in [2.75, 3.05) is 18.0 Å². The summed E-state index contributed by atoms with van der Waals surface area (Å²) in [6, 6.07) is 0. The number of rotatable bonds is 1. The highest BCUT2D eigenvalue weighted by Gasteiger charge is 2.13. The van der Waals surface area contributed by atoms with Gasteiger partial charge in [-0.15, -0.1) is 0 Å². The molecule has 4 heteroatoms. The molecular weight excluding hydrogens is 218 g/mol. The Kier molecular flexibility index (Phi) is 2.26. The van der Waals surface area contributed by atoms with Gasteiger partial charge >= 0.3 is 0 Å². The van der Waals surface area contributed by atoms with Crippen LogP contribution < -0.4 is 4.90 Å². The van der Waals surface area contributed by atoms with Crippen molar-refractivity contribution in [2.45, 2.75) is 12.8 Å². The van der Waals surface area contributed by atoms with Crippen LogP contribution in [-0.4, -0.2) is 23.1 Å². The molecule has 0 unspecified atom stereocenters. The van der Waals surface area contributed by atoms with Crippen LogP contribution in [-0.2, 0) is 0 Å². The Morgan fingerprint density at radius 1 is 1.25 bits per heavy atom. The molecule has 0 bridgehead atoms. The summed E-state index contributed by atoms with van der Waals surface area (Å²) in [4.78, 5) is 10.7. The molecule has 1 aliphatic rings. The maximum Gasteiger partial charge on any atom is 0.148 e. The quantitative estimate of drug-likeness (QED) is 0.734. The van der Waals surface area contributed by atoms with Gasteiger partial charge < -0.3 is 4.90 Å². The molecule has 0 atom stereocenters. The molecule has 0 saturated carbocycles. The minimum Gasteiger partial charge on any atom is -0.355 e. The average molecular weight is 228 g/mol. The fourth-order valence-electron chi connectivity index (χ4n) is 1.43. The molecule has 1 aromatic heterocycles. The Hall–Kier alpha value is -0.640. The van der Waals surface area contributed by atoms with E-state index in [-0.39, 0.29) is 0 Å². The molecule has 2 rings (SSSR count). The Bertz CT molecular complexity index is 271. The molecule has 64 valence electrons. The number of hydrogen-bond acceptors (Lipinski definition) is 3. The lowest BCUT2D eigenvalue weighted by Gasteiger charge is -2.15. The normalized spacial score (nSPS) is 16.9. The van der Waals surface area contributed by atoms with Gasteiger partial charge in [0.25, 0.3) is 0 Å². The first-order valence-corrected chi connectivity index (χ1v) is 4.88. The van der Waals surface area contributed by atoms with Gasteiger partial charge in [-0.2, -0.15) is 0 Å². The molecule has 3 nitrogen and oxygen atoms in total. The largest absolute Gasteiger partial charge is 0.355 e. The third-order valence-corrected chi connectivity index (χ3v) is 2.40. The molecule has 0 spiro atoms. The maximum atomic E-state index is 4.34. The summed E-state index contributed by atoms with van der Waals surface area (Å²) in [5.41, 5.74) is 0. The van der Waals surface area contributed by atoms with E-state index in [0.717, 1.165) is 23.5 Å². The Labute approximate surface area is 80.0 Å². The topological polar surface area (TPSA) is 29.0 Å². The number of nitrogens with zero attached hydrogens (tertiary/aromatic N) is 3. The molecule has 0 aromatic carbocycles. The molecule has 0 radical (unpaired) electrons. The zero-order valence-electron chi connectivity index (χ0n) is 6.70. The van der Waals surface area contributed by atoms with Crippen LogP contribution in [0.1, 0.15) is 12.8 Å². The summed E-state index contributed by atoms with van der Waals surface area (Å²) in [5, 5.41) is 0. The van der Waals surface area contributed by atoms with E-state index in [2.05, 4.69) is 30.8 Å². The summed E-state index contributed by atoms with van der Waals surface area (Å²) in [7, 11) is 0. The molecule has 12 heavy (non-hydrogen) atoms. The van der Waals surface area contributed by atoms with E-state index in [1.807, 2.05) is 6.20 Å². The van der Waals surface area contributed by atoms with E-state index in [9.17, 15) is 0 Å². The van der Waals surface area contributed by atoms with Gasteiger partial charge in [-0.25, -0.2) is 4.98 Å². The summed E-state index contributed by atoms with van der Waals surface area (Å²) in [6.07, 6.45) is 6.07. The Morgan fingerprint density at radius 3 is 2.67 bits per heavy atom. The van der Waals surface area contributed by atoms with Crippen LogP contribution in [0, 0.1) is 0 Å². The van der Waals surface area contributed by atoms with Gasteiger partial charge in [-0.05, 0) is 28.8 Å². The molecule has 2 heterocycles. The van der Waals surface area contributed by atoms with Crippen molar-refractivity contribution in [2.24, 2.45) is 0 Å². The lowest BCUT2D eigenvalue weighted by atomic mass is 10.4. The number of halogens is 1. The van der Waals surface area contributed by atoms with Gasteiger partial charge in [-0.3, -0.25) is 4.98 Å². The lowest BCUT2D eigenvalue weighted by Crippen LogP contribution is -2.19. The zero-order chi connectivity index (χ0) is 8.39. The van der Waals surface area contributed by atoms with Gasteiger partial charge in [0, 0.05) is 13.1 Å². The van der Waals surface area contributed by atoms with Crippen molar-refractivity contribution >= 4 is 21.7 Å². The minimum atomic E-state index is 0.812. The van der Waals surface area contributed by atoms with Crippen molar-refractivity contribution < 1.29 is 0 Å². The van der Waals surface area contributed by atoms with E-state index in [1.165, 1.54) is 12.8 Å². The lowest BCUT2D eigenvalue weighted by molar-refractivity contribution is 0.921. The van der Waals surface area contributed by atoms with Gasteiger partial charge in [0.1, 0.15) is 10.4 Å². The maximum absolute atomic E-state index is 4.34. The van der Waals surface area contributed by atoms with E-state index in [0.29, 0.717) is 0 Å². The van der Waals surface area contributed by atoms with Crippen molar-refractivity contribution in [3.05, 3.63) is 17.0 Å². The number of hydrogen-bond donors (Lipinski definition) is 0. The molecule has 1 aliphatic heterocycles. The molecule has 0 amide bonds. The molecule has 1 fully saturated rings. The van der Waals surface area contributed by atoms with Crippen molar-refractivity contribution in [1.82, 2.24) is 9.97 Å². The molecule has 1 aromatic rings. The summed E-state index contributed by atoms with van der Waals surface area (Å²) < 4.78 is 0.812. The molecule has 0 N–H and O–H groups in total. The van der Waals surface area contributed by atoms with Crippen molar-refractivity contribution in [3.8, 4) is 0 Å². The standard InChI is InChI=1S/C8H10BrN3/c9-7-5-10-6-8(11-7)12-3-1-2-4-12/h5-6H,1-4H2. The van der Waals surface area contributed by atoms with E-state index in [4.69, 9.17) is 0 Å². The Morgan fingerprint density at radius 2 is 2.00 bits per heavy atom. The van der Waals surface area contributed by atoms with E-state index in [1.54, 1.807) is 6.20 Å². The number of aromatic nitrogens is 2. The first kappa shape index (κ1) is 7.98. The highest BCUT2D eigenvalue weighted by atomic mass is 79.9. The fourth-order valence-corrected chi connectivity index (χ4v) is 1.73. The highest BCUT2D eigenvalue weighted by Crippen LogP contribution is 2.17. The smallest absolute Gasteiger partial charge is 0.148 e. The van der Waals surface area contributed by atoms with Gasteiger partial charge in [0.05, 0.1) is 12.4 Å². The van der Waals surface area contributed by atoms with E-state index >= 15 is 0 Å². The summed E-state index contributed by atoms with van der Waals surface area (Å²) >= 11 is 3.31. The molecule has 1 saturated heterocycles. The SMILES string of the molecule is Brc1cncc(N2CCCC2)n1. The number of anilines is 1. The van der Waals surface area contributed by atoms with Crippen molar-refractivity contribution in [3.63, 3.8) is 0 Å². The predicted octanol–water partition coefficient (Wildman–Crippen LogP) is 1.84. The first-order chi connectivity index (χ1) is 5.86. The molecule has 0 aliphatic carbocycles. The third-order valence-electron chi connectivity index (χ3n) is 2.02. The van der Waals surface area contributed by atoms with Gasteiger partial charge in [0.15, 0.2) is 0 Å². The third kappa shape index (κ3) is 1.58. The average Bonchev–Trinajstić information content (AvgIpc) is 2.56. The van der Waals surface area contributed by atoms with Crippen LogP contribution in [0.15, 0.2) is 17.0 Å². The summed E-state index contributed by atoms with van der Waals surface area (Å²) in [6.45, 7) is 2.23. The second-order valence-electron chi connectivity index (χ2n) is 2.89. The summed E-state index contributed by atoms with van der Waals surface area (Å²) in [5.74, 6) is 0.988. The van der Waals surface area contributed by atoms with Crippen LogP contribution in [0.2, 0.25) is 0 Å². The zero-order valence-corrected chi connectivity index (χ0v) is 8.29. The fraction of sp³-hybridized carbons (Fsp3) is 0.500. The van der Waals surface area contributed by atoms with E-state index < -0.39 is 0 Å². The monoisotopic (exact) mass is 227 g/mol. The second kappa shape index (κ2) is 3.39. The van der Waals surface area contributed by atoms with Crippen molar-refractivity contribution in [1.29, 1.82) is 0 Å². The predicted molar refractivity (Wildman–Crippen MR) is 51.2 cm³/mol. The highest BCUT2D eigenvalue weighted by molar-refractivity contribution is 9.10. The van der Waals surface area contributed by atoms with Crippen LogP contribution in [0.5, 0.6) is 0 Å². The van der Waals surface area contributed by atoms with Crippen LogP contribution in [0.3, 0.4) is 0 Å².